The van der Waals surface area contributed by atoms with Crippen molar-refractivity contribution in [1.29, 1.82) is 0 Å². The molecule has 2 fully saturated rings. The van der Waals surface area contributed by atoms with Crippen molar-refractivity contribution in [1.82, 2.24) is 4.90 Å². The molecule has 0 aromatic heterocycles. The van der Waals surface area contributed by atoms with E-state index in [9.17, 15) is 39.0 Å². The van der Waals surface area contributed by atoms with Gasteiger partial charge in [0, 0.05) is 5.92 Å². The highest BCUT2D eigenvalue weighted by Gasteiger charge is 2.69. The number of aromatic hydroxyl groups is 1. The molecule has 3 aliphatic rings. The van der Waals surface area contributed by atoms with Crippen LogP contribution in [0.3, 0.4) is 0 Å². The standard InChI is InChI=1S/C31H32N2O9/c1-13(2)42-30(40)15-7-5-6-14(10-15)17-8-9-20(34)22-18(17)11-16-12-19-24(33(3)4)26(36)23(29(32)39)28(38)31(19,41)27(37)21(16)25(22)35/h5-10,13,16,19,21,23-24,34,41H,11-12H2,1-4H3,(H2,32,39). The monoisotopic (exact) mass is 576 g/mol. The first-order valence-corrected chi connectivity index (χ1v) is 13.7. The van der Waals surface area contributed by atoms with Gasteiger partial charge in [-0.1, -0.05) is 18.2 Å². The van der Waals surface area contributed by atoms with Gasteiger partial charge in [-0.15, -0.1) is 0 Å². The summed E-state index contributed by atoms with van der Waals surface area (Å²) < 4.78 is 5.30. The average molecular weight is 577 g/mol. The predicted octanol–water partition coefficient (Wildman–Crippen LogP) is 1.10. The van der Waals surface area contributed by atoms with Crippen LogP contribution in [0, 0.1) is 23.7 Å². The quantitative estimate of drug-likeness (QED) is 0.344. The van der Waals surface area contributed by atoms with E-state index in [1.165, 1.54) is 25.1 Å². The van der Waals surface area contributed by atoms with Gasteiger partial charge in [-0.25, -0.2) is 4.79 Å². The van der Waals surface area contributed by atoms with Crippen LogP contribution in [-0.2, 0) is 30.3 Å². The van der Waals surface area contributed by atoms with Crippen molar-refractivity contribution in [3.8, 4) is 16.9 Å². The van der Waals surface area contributed by atoms with E-state index >= 15 is 0 Å². The van der Waals surface area contributed by atoms with Crippen LogP contribution in [0.1, 0.15) is 46.5 Å². The fraction of sp³-hybridized carbons (Fsp3) is 0.419. The Hall–Kier alpha value is -4.22. The molecule has 0 aliphatic heterocycles. The number of hydrogen-bond acceptors (Lipinski definition) is 10. The molecule has 0 saturated heterocycles. The zero-order chi connectivity index (χ0) is 30.8. The first-order valence-electron chi connectivity index (χ1n) is 13.7. The summed E-state index contributed by atoms with van der Waals surface area (Å²) in [5, 5.41) is 22.5. The normalized spacial score (nSPS) is 28.8. The molecule has 220 valence electrons. The second-order valence-corrected chi connectivity index (χ2v) is 11.8. The Labute approximate surface area is 241 Å². The van der Waals surface area contributed by atoms with Gasteiger partial charge in [0.15, 0.2) is 34.7 Å². The molecule has 2 aromatic rings. The number of ether oxygens (including phenoxy) is 1. The summed E-state index contributed by atoms with van der Waals surface area (Å²) >= 11 is 0. The van der Waals surface area contributed by atoms with E-state index in [0.717, 1.165) is 0 Å². The average Bonchev–Trinajstić information content (AvgIpc) is 2.90. The number of ketones is 4. The number of nitrogens with zero attached hydrogens (tertiary/aromatic N) is 1. The molecule has 5 rings (SSSR count). The molecule has 2 aromatic carbocycles. The fourth-order valence-corrected chi connectivity index (χ4v) is 6.97. The predicted molar refractivity (Wildman–Crippen MR) is 147 cm³/mol. The van der Waals surface area contributed by atoms with Gasteiger partial charge in [0.05, 0.1) is 29.2 Å². The number of carbonyl (C=O) groups is 6. The number of hydrogen-bond donors (Lipinski definition) is 3. The van der Waals surface area contributed by atoms with Crippen LogP contribution < -0.4 is 5.73 Å². The van der Waals surface area contributed by atoms with Crippen molar-refractivity contribution in [3.63, 3.8) is 0 Å². The van der Waals surface area contributed by atoms with Crippen LogP contribution in [0.2, 0.25) is 0 Å². The molecular weight excluding hydrogens is 544 g/mol. The molecule has 11 heteroatoms. The van der Waals surface area contributed by atoms with Gasteiger partial charge in [0.1, 0.15) is 5.75 Å². The highest BCUT2D eigenvalue weighted by Crippen LogP contribution is 2.51. The SMILES string of the molecule is CC(C)OC(=O)c1cccc(-c2ccc(O)c3c2CC2CC4C(N(C)C)C(=O)C(C(N)=O)C(=O)C4(O)C(=O)C2C3=O)c1. The lowest BCUT2D eigenvalue weighted by molar-refractivity contribution is -0.181. The van der Waals surface area contributed by atoms with E-state index in [1.807, 2.05) is 0 Å². The molecule has 0 heterocycles. The third kappa shape index (κ3) is 4.26. The molecule has 11 nitrogen and oxygen atoms in total. The number of likely N-dealkylation sites (N-methyl/N-ethyl adjacent to an activating group) is 1. The largest absolute Gasteiger partial charge is 0.507 e. The van der Waals surface area contributed by atoms with Gasteiger partial charge in [-0.2, -0.15) is 0 Å². The van der Waals surface area contributed by atoms with Crippen molar-refractivity contribution in [2.24, 2.45) is 29.4 Å². The van der Waals surface area contributed by atoms with Crippen LogP contribution in [-0.4, -0.2) is 82.0 Å². The molecule has 1 amide bonds. The van der Waals surface area contributed by atoms with Gasteiger partial charge < -0.3 is 20.7 Å². The number of nitrogens with two attached hydrogens (primary N) is 1. The molecular formula is C31H32N2O9. The Morgan fingerprint density at radius 3 is 2.38 bits per heavy atom. The van der Waals surface area contributed by atoms with Gasteiger partial charge in [0.25, 0.3) is 0 Å². The van der Waals surface area contributed by atoms with Crippen LogP contribution in [0.15, 0.2) is 36.4 Å². The maximum absolute atomic E-state index is 14.0. The number of phenols is 1. The van der Waals surface area contributed by atoms with E-state index in [0.29, 0.717) is 16.7 Å². The van der Waals surface area contributed by atoms with Gasteiger partial charge in [-0.3, -0.25) is 28.9 Å². The van der Waals surface area contributed by atoms with Crippen LogP contribution in [0.4, 0.5) is 0 Å². The minimum Gasteiger partial charge on any atom is -0.507 e. The summed E-state index contributed by atoms with van der Waals surface area (Å²) in [4.78, 5) is 80.7. The van der Waals surface area contributed by atoms with Gasteiger partial charge >= 0.3 is 5.97 Å². The lowest BCUT2D eigenvalue weighted by Crippen LogP contribution is -2.74. The fourth-order valence-electron chi connectivity index (χ4n) is 6.97. The molecule has 0 spiro atoms. The van der Waals surface area contributed by atoms with Crippen molar-refractivity contribution in [2.75, 3.05) is 14.1 Å². The number of amides is 1. The minimum atomic E-state index is -2.78. The molecule has 0 radical (unpaired) electrons. The smallest absolute Gasteiger partial charge is 0.338 e. The topological polar surface area (TPSA) is 181 Å². The van der Waals surface area contributed by atoms with E-state index in [1.54, 1.807) is 44.2 Å². The zero-order valence-corrected chi connectivity index (χ0v) is 23.6. The zero-order valence-electron chi connectivity index (χ0n) is 23.6. The number of fused-ring (bicyclic) bond motifs is 3. The minimum absolute atomic E-state index is 0.0558. The van der Waals surface area contributed by atoms with Crippen molar-refractivity contribution < 1.29 is 43.7 Å². The maximum atomic E-state index is 14.0. The first-order chi connectivity index (χ1) is 19.7. The van der Waals surface area contributed by atoms with E-state index < -0.39 is 70.3 Å². The Morgan fingerprint density at radius 2 is 1.76 bits per heavy atom. The Bertz CT molecular complexity index is 1560. The molecule has 42 heavy (non-hydrogen) atoms. The van der Waals surface area contributed by atoms with Crippen molar-refractivity contribution in [2.45, 2.75) is 44.4 Å². The third-order valence-electron chi connectivity index (χ3n) is 8.70. The maximum Gasteiger partial charge on any atom is 0.338 e. The van der Waals surface area contributed by atoms with Gasteiger partial charge in [0.2, 0.25) is 5.91 Å². The summed E-state index contributed by atoms with van der Waals surface area (Å²) in [7, 11) is 3.06. The van der Waals surface area contributed by atoms with Crippen LogP contribution in [0.5, 0.6) is 5.75 Å². The number of aliphatic hydroxyl groups is 1. The lowest BCUT2D eigenvalue weighted by Gasteiger charge is -2.52. The number of esters is 1. The molecule has 6 atom stereocenters. The number of rotatable bonds is 5. The highest BCUT2D eigenvalue weighted by atomic mass is 16.5. The highest BCUT2D eigenvalue weighted by molar-refractivity contribution is 6.32. The van der Waals surface area contributed by atoms with Crippen molar-refractivity contribution >= 4 is 35.0 Å². The molecule has 3 aliphatic carbocycles. The number of carbonyl (C=O) groups excluding carboxylic acids is 6. The van der Waals surface area contributed by atoms with Gasteiger partial charge in [-0.05, 0) is 81.6 Å². The van der Waals surface area contributed by atoms with Crippen LogP contribution in [0.25, 0.3) is 11.1 Å². The number of primary amides is 1. The Morgan fingerprint density at radius 1 is 1.07 bits per heavy atom. The molecule has 6 unspecified atom stereocenters. The van der Waals surface area contributed by atoms with Crippen molar-refractivity contribution in [3.05, 3.63) is 53.1 Å². The summed E-state index contributed by atoms with van der Waals surface area (Å²) in [6.07, 6.45) is -0.280. The van der Waals surface area contributed by atoms with E-state index in [2.05, 4.69) is 0 Å². The Kier molecular flexibility index (Phi) is 7.14. The Balaban J connectivity index is 1.62. The number of phenolic OH excluding ortho intramolecular Hbond substituents is 1. The van der Waals surface area contributed by atoms with Crippen LogP contribution >= 0.6 is 0 Å². The van der Waals surface area contributed by atoms with E-state index in [4.69, 9.17) is 10.5 Å². The number of benzene rings is 2. The second kappa shape index (κ2) is 10.2. The second-order valence-electron chi connectivity index (χ2n) is 11.8. The summed E-state index contributed by atoms with van der Waals surface area (Å²) in [6.45, 7) is 3.46. The first kappa shape index (κ1) is 29.3. The summed E-state index contributed by atoms with van der Waals surface area (Å²) in [5.74, 6) is -11.6. The summed E-state index contributed by atoms with van der Waals surface area (Å²) in [6, 6.07) is 8.36. The lowest BCUT2D eigenvalue weighted by atomic mass is 9.52. The molecule has 2 saturated carbocycles. The molecule has 0 bridgehead atoms. The summed E-state index contributed by atoms with van der Waals surface area (Å²) in [5.41, 5.74) is 4.32. The third-order valence-corrected chi connectivity index (χ3v) is 8.70. The molecule has 4 N–H and O–H groups in total. The number of Topliss-reactive ketones (excluding diaryl/α,β-unsaturated/α-hetero) is 4. The van der Waals surface area contributed by atoms with E-state index in [-0.39, 0.29) is 35.8 Å².